The molecule has 4 rings (SSSR count). The van der Waals surface area contributed by atoms with Gasteiger partial charge >= 0.3 is 12.1 Å². The summed E-state index contributed by atoms with van der Waals surface area (Å²) in [5.41, 5.74) is 1.09. The molecule has 3 amide bonds. The zero-order chi connectivity index (χ0) is 28.2. The number of carbonyl (C=O) groups excluding carboxylic acids is 2. The van der Waals surface area contributed by atoms with E-state index in [-0.39, 0.29) is 24.4 Å². The van der Waals surface area contributed by atoms with Crippen LogP contribution in [0.25, 0.3) is 11.3 Å². The van der Waals surface area contributed by atoms with E-state index in [1.807, 2.05) is 26.8 Å². The van der Waals surface area contributed by atoms with E-state index in [1.165, 1.54) is 0 Å². The number of aryl methyl sites for hydroxylation is 1. The summed E-state index contributed by atoms with van der Waals surface area (Å²) in [5.74, 6) is -1.08. The van der Waals surface area contributed by atoms with Crippen LogP contribution in [0.1, 0.15) is 40.0 Å². The van der Waals surface area contributed by atoms with E-state index < -0.39 is 23.3 Å². The molecule has 1 aromatic heterocycles. The zero-order valence-corrected chi connectivity index (χ0v) is 22.5. The fraction of sp³-hybridized carbons (Fsp3) is 0.393. The summed E-state index contributed by atoms with van der Waals surface area (Å²) in [4.78, 5) is 27.0. The molecule has 2 N–H and O–H groups in total. The molecule has 2 aromatic carbocycles. The number of halogens is 2. The molecule has 2 heterocycles. The molecule has 9 nitrogen and oxygen atoms in total. The van der Waals surface area contributed by atoms with Crippen molar-refractivity contribution in [3.63, 3.8) is 0 Å². The summed E-state index contributed by atoms with van der Waals surface area (Å²) in [7, 11) is 1.79. The molecule has 1 aliphatic rings. The van der Waals surface area contributed by atoms with Crippen LogP contribution >= 0.6 is 0 Å². The maximum absolute atomic E-state index is 14.0. The molecule has 208 valence electrons. The number of likely N-dealkylation sites (tertiary alicyclic amines) is 1. The Morgan fingerprint density at radius 3 is 2.56 bits per heavy atom. The first-order valence-corrected chi connectivity index (χ1v) is 12.8. The van der Waals surface area contributed by atoms with Crippen molar-refractivity contribution in [2.75, 3.05) is 23.8 Å². The maximum atomic E-state index is 14.0. The van der Waals surface area contributed by atoms with Crippen LogP contribution in [0.3, 0.4) is 0 Å². The second-order valence-electron chi connectivity index (χ2n) is 10.4. The van der Waals surface area contributed by atoms with Gasteiger partial charge in [0.1, 0.15) is 29.6 Å². The third-order valence-corrected chi connectivity index (χ3v) is 6.20. The van der Waals surface area contributed by atoms with Gasteiger partial charge in [0.25, 0.3) is 0 Å². The number of amides is 3. The van der Waals surface area contributed by atoms with Gasteiger partial charge in [0.05, 0.1) is 17.4 Å². The minimum Gasteiger partial charge on any atom is -0.491 e. The molecular formula is C28H33F2N5O4. The highest BCUT2D eigenvalue weighted by Gasteiger charge is 2.31. The quantitative estimate of drug-likeness (QED) is 0.389. The second kappa shape index (κ2) is 11.7. The van der Waals surface area contributed by atoms with Gasteiger partial charge in [0.15, 0.2) is 0 Å². The van der Waals surface area contributed by atoms with Crippen LogP contribution in [-0.2, 0) is 11.8 Å². The lowest BCUT2D eigenvalue weighted by molar-refractivity contribution is 0.00364. The molecule has 0 saturated carbocycles. The number of anilines is 2. The topological polar surface area (TPSA) is 97.7 Å². The number of nitrogens with one attached hydrogen (secondary N) is 2. The Balaban J connectivity index is 1.51. The van der Waals surface area contributed by atoms with Crippen LogP contribution in [0.5, 0.6) is 5.75 Å². The van der Waals surface area contributed by atoms with Crippen LogP contribution in [0.2, 0.25) is 0 Å². The predicted octanol–water partition coefficient (Wildman–Crippen LogP) is 6.18. The van der Waals surface area contributed by atoms with Crippen molar-refractivity contribution < 1.29 is 27.8 Å². The van der Waals surface area contributed by atoms with Gasteiger partial charge in [-0.3, -0.25) is 4.68 Å². The number of nitrogens with zero attached hydrogens (tertiary/aromatic N) is 3. The van der Waals surface area contributed by atoms with Gasteiger partial charge in [-0.25, -0.2) is 18.4 Å². The molecule has 0 aliphatic carbocycles. The average Bonchev–Trinajstić information content (AvgIpc) is 3.29. The van der Waals surface area contributed by atoms with Gasteiger partial charge in [-0.2, -0.15) is 5.10 Å². The number of carbonyl (C=O) groups is 2. The molecule has 1 atom stereocenters. The van der Waals surface area contributed by atoms with Gasteiger partial charge in [0.2, 0.25) is 0 Å². The van der Waals surface area contributed by atoms with Crippen LogP contribution in [0.15, 0.2) is 48.7 Å². The molecule has 0 bridgehead atoms. The Morgan fingerprint density at radius 2 is 1.87 bits per heavy atom. The smallest absolute Gasteiger partial charge is 0.410 e. The highest BCUT2D eigenvalue weighted by atomic mass is 19.1. The average molecular weight is 542 g/mol. The van der Waals surface area contributed by atoms with E-state index in [0.29, 0.717) is 29.6 Å². The van der Waals surface area contributed by atoms with Crippen LogP contribution < -0.4 is 15.4 Å². The number of hydrogen-bond acceptors (Lipinski definition) is 5. The lowest BCUT2D eigenvalue weighted by atomic mass is 10.0. The highest BCUT2D eigenvalue weighted by molar-refractivity contribution is 6.00. The first-order valence-electron chi connectivity index (χ1n) is 12.8. The predicted molar refractivity (Wildman–Crippen MR) is 144 cm³/mol. The largest absolute Gasteiger partial charge is 0.491 e. The SMILES string of the molecule is Cn1nccc1-c1cc(NC(=O)Nc2ccc(F)cc2F)ccc1OCC1CCCCN1C(=O)OC(C)(C)C. The Kier molecular flexibility index (Phi) is 8.37. The molecule has 1 saturated heterocycles. The van der Waals surface area contributed by atoms with Gasteiger partial charge in [-0.05, 0) is 76.4 Å². The van der Waals surface area contributed by atoms with Crippen molar-refractivity contribution in [3.8, 4) is 17.0 Å². The minimum atomic E-state index is -0.882. The van der Waals surface area contributed by atoms with Gasteiger partial charge in [0, 0.05) is 37.1 Å². The van der Waals surface area contributed by atoms with Gasteiger partial charge in [-0.15, -0.1) is 0 Å². The molecule has 1 unspecified atom stereocenters. The van der Waals surface area contributed by atoms with Crippen molar-refractivity contribution >= 4 is 23.5 Å². The van der Waals surface area contributed by atoms with Crippen molar-refractivity contribution in [2.45, 2.75) is 51.7 Å². The number of aromatic nitrogens is 2. The minimum absolute atomic E-state index is 0.150. The summed E-state index contributed by atoms with van der Waals surface area (Å²) >= 11 is 0. The Morgan fingerprint density at radius 1 is 1.08 bits per heavy atom. The Labute approximate surface area is 226 Å². The van der Waals surface area contributed by atoms with Crippen LogP contribution in [-0.4, -0.2) is 51.6 Å². The van der Waals surface area contributed by atoms with E-state index in [2.05, 4.69) is 15.7 Å². The molecule has 0 radical (unpaired) electrons. The number of hydrogen-bond donors (Lipinski definition) is 2. The molecular weight excluding hydrogens is 508 g/mol. The van der Waals surface area contributed by atoms with Gasteiger partial charge in [-0.1, -0.05) is 0 Å². The molecule has 39 heavy (non-hydrogen) atoms. The summed E-state index contributed by atoms with van der Waals surface area (Å²) < 4.78 is 40.6. The van der Waals surface area contributed by atoms with E-state index in [0.717, 1.165) is 37.1 Å². The number of benzene rings is 2. The summed E-state index contributed by atoms with van der Waals surface area (Å²) in [5, 5.41) is 9.28. The normalized spacial score (nSPS) is 15.5. The standard InChI is InChI=1S/C28H33F2N5O4/c1-28(2,3)39-27(37)35-14-6-5-7-20(35)17-38-25-11-9-19(16-21(25)24-12-13-31-34(24)4)32-26(36)33-23-10-8-18(29)15-22(23)30/h8-13,15-16,20H,5-7,14,17H2,1-4H3,(H2,32,33,36). The first-order chi connectivity index (χ1) is 18.5. The number of urea groups is 1. The number of rotatable bonds is 6. The van der Waals surface area contributed by atoms with E-state index in [9.17, 15) is 18.4 Å². The Hall–Kier alpha value is -4.15. The van der Waals surface area contributed by atoms with E-state index >= 15 is 0 Å². The van der Waals surface area contributed by atoms with Crippen molar-refractivity contribution in [1.29, 1.82) is 0 Å². The highest BCUT2D eigenvalue weighted by Crippen LogP contribution is 2.33. The third kappa shape index (κ3) is 7.24. The molecule has 1 aliphatic heterocycles. The molecule has 0 spiro atoms. The van der Waals surface area contributed by atoms with Crippen molar-refractivity contribution in [2.24, 2.45) is 7.05 Å². The van der Waals surface area contributed by atoms with Crippen molar-refractivity contribution in [1.82, 2.24) is 14.7 Å². The monoisotopic (exact) mass is 541 g/mol. The second-order valence-corrected chi connectivity index (χ2v) is 10.4. The van der Waals surface area contributed by atoms with Crippen LogP contribution in [0.4, 0.5) is 29.7 Å². The fourth-order valence-corrected chi connectivity index (χ4v) is 4.37. The summed E-state index contributed by atoms with van der Waals surface area (Å²) in [6, 6.07) is 8.96. The Bertz CT molecular complexity index is 1340. The molecule has 1 fully saturated rings. The third-order valence-electron chi connectivity index (χ3n) is 6.20. The summed E-state index contributed by atoms with van der Waals surface area (Å²) in [6.45, 7) is 6.39. The van der Waals surface area contributed by atoms with E-state index in [1.54, 1.807) is 41.0 Å². The van der Waals surface area contributed by atoms with Gasteiger partial charge < -0.3 is 25.0 Å². The molecule has 11 heteroatoms. The lowest BCUT2D eigenvalue weighted by Crippen LogP contribution is -2.48. The van der Waals surface area contributed by atoms with Crippen molar-refractivity contribution in [3.05, 3.63) is 60.3 Å². The first kappa shape index (κ1) is 27.9. The zero-order valence-electron chi connectivity index (χ0n) is 22.5. The molecule has 3 aromatic rings. The number of piperidine rings is 1. The van der Waals surface area contributed by atoms with Crippen LogP contribution in [0, 0.1) is 11.6 Å². The lowest BCUT2D eigenvalue weighted by Gasteiger charge is -2.36. The van der Waals surface area contributed by atoms with E-state index in [4.69, 9.17) is 9.47 Å². The fourth-order valence-electron chi connectivity index (χ4n) is 4.37. The maximum Gasteiger partial charge on any atom is 0.410 e. The summed E-state index contributed by atoms with van der Waals surface area (Å²) in [6.07, 6.45) is 3.97. The number of ether oxygens (including phenoxy) is 2.